The van der Waals surface area contributed by atoms with Gasteiger partial charge in [-0.15, -0.1) is 12.7 Å². The molecule has 76 valence electrons. The first-order valence-electron chi connectivity index (χ1n) is 5.60. The Morgan fingerprint density at radius 2 is 1.64 bits per heavy atom. The predicted octanol–water partition coefficient (Wildman–Crippen LogP) is 4.37. The summed E-state index contributed by atoms with van der Waals surface area (Å²) >= 11 is 0. The minimum atomic E-state index is 0.814. The molecule has 0 heterocycles. The lowest BCUT2D eigenvalue weighted by molar-refractivity contribution is 0.443. The fraction of sp³-hybridized carbons (Fsp3) is 0.538. The van der Waals surface area contributed by atoms with Crippen LogP contribution in [0.25, 0.3) is 5.32 Å². The molecular weight excluding hydrogens is 170 g/mol. The molecule has 1 nitrogen and oxygen atoms in total. The van der Waals surface area contributed by atoms with Crippen LogP contribution in [0.15, 0.2) is 24.3 Å². The highest BCUT2D eigenvalue weighted by molar-refractivity contribution is 5.48. The van der Waals surface area contributed by atoms with E-state index in [9.17, 15) is 0 Å². The number of hydrogen-bond donors (Lipinski definition) is 0. The molecular formula is C13H18N-. The molecule has 0 amide bonds. The summed E-state index contributed by atoms with van der Waals surface area (Å²) in [6, 6.07) is 8.75. The van der Waals surface area contributed by atoms with Gasteiger partial charge in [-0.25, -0.2) is 0 Å². The van der Waals surface area contributed by atoms with E-state index in [-0.39, 0.29) is 0 Å². The zero-order chi connectivity index (χ0) is 9.80. The Morgan fingerprint density at radius 3 is 2.21 bits per heavy atom. The monoisotopic (exact) mass is 188 g/mol. The van der Waals surface area contributed by atoms with Crippen LogP contribution in [0.1, 0.15) is 43.6 Å². The van der Waals surface area contributed by atoms with E-state index in [1.165, 1.54) is 37.7 Å². The van der Waals surface area contributed by atoms with Crippen LogP contribution in [-0.4, -0.2) is 7.05 Å². The number of nitrogens with zero attached hydrogens (tertiary/aromatic N) is 1. The van der Waals surface area contributed by atoms with Crippen LogP contribution < -0.4 is 0 Å². The fourth-order valence-corrected chi connectivity index (χ4v) is 2.33. The van der Waals surface area contributed by atoms with E-state index in [2.05, 4.69) is 29.6 Å². The van der Waals surface area contributed by atoms with Crippen LogP contribution in [-0.2, 0) is 0 Å². The molecule has 0 saturated heterocycles. The molecule has 0 radical (unpaired) electrons. The molecule has 2 rings (SSSR count). The molecule has 1 aromatic rings. The highest BCUT2D eigenvalue weighted by atomic mass is 14.8. The Morgan fingerprint density at radius 1 is 1.00 bits per heavy atom. The summed E-state index contributed by atoms with van der Waals surface area (Å²) in [6.45, 7) is 0. The second kappa shape index (κ2) is 4.50. The Balaban J connectivity index is 2.07. The van der Waals surface area contributed by atoms with Crippen molar-refractivity contribution in [2.45, 2.75) is 38.0 Å². The van der Waals surface area contributed by atoms with Gasteiger partial charge in [-0.3, -0.25) is 0 Å². The molecule has 1 heteroatoms. The van der Waals surface area contributed by atoms with E-state index in [4.69, 9.17) is 0 Å². The van der Waals surface area contributed by atoms with Gasteiger partial charge in [-0.2, -0.15) is 0 Å². The molecule has 0 unspecified atom stereocenters. The predicted molar refractivity (Wildman–Crippen MR) is 61.2 cm³/mol. The van der Waals surface area contributed by atoms with E-state index >= 15 is 0 Å². The van der Waals surface area contributed by atoms with Gasteiger partial charge in [0.25, 0.3) is 0 Å². The van der Waals surface area contributed by atoms with Crippen molar-refractivity contribution in [3.05, 3.63) is 35.1 Å². The maximum Gasteiger partial charge on any atom is -0.0162 e. The molecule has 0 aromatic heterocycles. The van der Waals surface area contributed by atoms with Gasteiger partial charge in [-0.1, -0.05) is 43.5 Å². The van der Waals surface area contributed by atoms with Crippen molar-refractivity contribution in [2.24, 2.45) is 0 Å². The molecule has 1 aromatic carbocycles. The summed E-state index contributed by atoms with van der Waals surface area (Å²) < 4.78 is 0. The van der Waals surface area contributed by atoms with Crippen LogP contribution in [0.4, 0.5) is 5.69 Å². The Hall–Kier alpha value is -0.980. The molecule has 1 aliphatic rings. The molecule has 1 aliphatic carbocycles. The van der Waals surface area contributed by atoms with Crippen LogP contribution in [0.2, 0.25) is 0 Å². The van der Waals surface area contributed by atoms with Gasteiger partial charge in [-0.05, 0) is 24.3 Å². The molecule has 0 bridgehead atoms. The average Bonchev–Trinajstić information content (AvgIpc) is 2.30. The molecule has 0 atom stereocenters. The van der Waals surface area contributed by atoms with Gasteiger partial charge in [0.15, 0.2) is 0 Å². The first kappa shape index (κ1) is 9.57. The second-order valence-corrected chi connectivity index (χ2v) is 4.15. The highest BCUT2D eigenvalue weighted by Crippen LogP contribution is 2.33. The lowest BCUT2D eigenvalue weighted by atomic mass is 9.84. The molecule has 0 spiro atoms. The van der Waals surface area contributed by atoms with Gasteiger partial charge in [0.05, 0.1) is 0 Å². The zero-order valence-electron chi connectivity index (χ0n) is 8.87. The minimum absolute atomic E-state index is 0.814. The van der Waals surface area contributed by atoms with E-state index in [1.54, 1.807) is 0 Å². The highest BCUT2D eigenvalue weighted by Gasteiger charge is 2.14. The summed E-state index contributed by atoms with van der Waals surface area (Å²) in [6.07, 6.45) is 7.00. The zero-order valence-corrected chi connectivity index (χ0v) is 8.87. The number of rotatable bonds is 2. The van der Waals surface area contributed by atoms with Crippen molar-refractivity contribution in [1.82, 2.24) is 0 Å². The first-order chi connectivity index (χ1) is 6.90. The van der Waals surface area contributed by atoms with E-state index < -0.39 is 0 Å². The minimum Gasteiger partial charge on any atom is -0.687 e. The van der Waals surface area contributed by atoms with Gasteiger partial charge in [0.1, 0.15) is 0 Å². The summed E-state index contributed by atoms with van der Waals surface area (Å²) in [5.74, 6) is 0.814. The van der Waals surface area contributed by atoms with Crippen molar-refractivity contribution in [1.29, 1.82) is 0 Å². The fourth-order valence-electron chi connectivity index (χ4n) is 2.33. The van der Waals surface area contributed by atoms with Crippen LogP contribution >= 0.6 is 0 Å². The lowest BCUT2D eigenvalue weighted by Crippen LogP contribution is -2.03. The van der Waals surface area contributed by atoms with Crippen molar-refractivity contribution in [3.63, 3.8) is 0 Å². The third-order valence-electron chi connectivity index (χ3n) is 3.23. The second-order valence-electron chi connectivity index (χ2n) is 4.15. The molecule has 0 N–H and O–H groups in total. The summed E-state index contributed by atoms with van der Waals surface area (Å²) in [4.78, 5) is 0. The van der Waals surface area contributed by atoms with Crippen molar-refractivity contribution < 1.29 is 0 Å². The van der Waals surface area contributed by atoms with Gasteiger partial charge >= 0.3 is 0 Å². The normalized spacial score (nSPS) is 18.1. The summed E-state index contributed by atoms with van der Waals surface area (Å²) in [5.41, 5.74) is 2.60. The maximum absolute atomic E-state index is 4.16. The molecule has 14 heavy (non-hydrogen) atoms. The first-order valence-corrected chi connectivity index (χ1v) is 5.60. The third-order valence-corrected chi connectivity index (χ3v) is 3.23. The number of benzene rings is 1. The van der Waals surface area contributed by atoms with Gasteiger partial charge < -0.3 is 5.32 Å². The Kier molecular flexibility index (Phi) is 3.07. The SMILES string of the molecule is C[N-]c1ccc(C2CCCCC2)cc1. The quantitative estimate of drug-likeness (QED) is 0.654. The molecule has 1 saturated carbocycles. The average molecular weight is 188 g/mol. The summed E-state index contributed by atoms with van der Waals surface area (Å²) in [7, 11) is 1.84. The maximum atomic E-state index is 4.16. The largest absolute Gasteiger partial charge is 0.687 e. The van der Waals surface area contributed by atoms with Crippen LogP contribution in [0, 0.1) is 0 Å². The smallest absolute Gasteiger partial charge is 0.0162 e. The third kappa shape index (κ3) is 2.09. The van der Waals surface area contributed by atoms with Gasteiger partial charge in [0, 0.05) is 0 Å². The Bertz CT molecular complexity index is 270. The van der Waals surface area contributed by atoms with E-state index in [1.807, 2.05) is 7.05 Å². The van der Waals surface area contributed by atoms with Gasteiger partial charge in [0.2, 0.25) is 0 Å². The topological polar surface area (TPSA) is 14.1 Å². The Labute approximate surface area is 86.5 Å². The van der Waals surface area contributed by atoms with E-state index in [0.29, 0.717) is 0 Å². The molecule has 1 fully saturated rings. The lowest BCUT2D eigenvalue weighted by Gasteiger charge is -2.23. The van der Waals surface area contributed by atoms with Crippen molar-refractivity contribution >= 4 is 5.69 Å². The molecule has 0 aliphatic heterocycles. The van der Waals surface area contributed by atoms with E-state index in [0.717, 1.165) is 11.6 Å². The summed E-state index contributed by atoms with van der Waals surface area (Å²) in [5, 5.41) is 4.16. The van der Waals surface area contributed by atoms with Crippen molar-refractivity contribution in [2.75, 3.05) is 7.05 Å². The van der Waals surface area contributed by atoms with Crippen LogP contribution in [0.3, 0.4) is 0 Å². The standard InChI is InChI=1S/C13H18N/c1-14-13-9-7-12(8-10-13)11-5-3-2-4-6-11/h7-11H,2-6H2,1H3/q-1. The van der Waals surface area contributed by atoms with Crippen molar-refractivity contribution in [3.8, 4) is 0 Å². The number of hydrogen-bond acceptors (Lipinski definition) is 0. The van der Waals surface area contributed by atoms with Crippen LogP contribution in [0.5, 0.6) is 0 Å².